The molecule has 0 spiro atoms. The van der Waals surface area contributed by atoms with E-state index in [0.717, 1.165) is 4.31 Å². The molecule has 1 aromatic rings. The zero-order valence-electron chi connectivity index (χ0n) is 10.9. The summed E-state index contributed by atoms with van der Waals surface area (Å²) in [5.41, 5.74) is 0. The van der Waals surface area contributed by atoms with Gasteiger partial charge in [0.1, 0.15) is 4.90 Å². The van der Waals surface area contributed by atoms with Crippen molar-refractivity contribution < 1.29 is 13.2 Å². The highest BCUT2D eigenvalue weighted by Crippen LogP contribution is 2.23. The van der Waals surface area contributed by atoms with E-state index in [0.29, 0.717) is 6.54 Å². The first-order valence-electron chi connectivity index (χ1n) is 5.94. The minimum Gasteiger partial charge on any atom is -0.355 e. The van der Waals surface area contributed by atoms with Gasteiger partial charge in [-0.05, 0) is 19.1 Å². The molecule has 1 aromatic carbocycles. The lowest BCUT2D eigenvalue weighted by atomic mass is 10.4. The molecule has 19 heavy (non-hydrogen) atoms. The molecule has 7 heteroatoms. The van der Waals surface area contributed by atoms with Crippen molar-refractivity contribution in [2.45, 2.75) is 18.7 Å². The van der Waals surface area contributed by atoms with Crippen molar-refractivity contribution in [3.8, 4) is 0 Å². The first-order chi connectivity index (χ1) is 8.93. The van der Waals surface area contributed by atoms with E-state index in [2.05, 4.69) is 5.32 Å². The number of hydrogen-bond donors (Lipinski definition) is 1. The molecule has 0 aliphatic rings. The zero-order chi connectivity index (χ0) is 14.5. The number of likely N-dealkylation sites (N-methyl/N-ethyl adjacent to an activating group) is 2. The summed E-state index contributed by atoms with van der Waals surface area (Å²) < 4.78 is 25.9. The van der Waals surface area contributed by atoms with Crippen LogP contribution in [0.5, 0.6) is 0 Å². The topological polar surface area (TPSA) is 66.5 Å². The summed E-state index contributed by atoms with van der Waals surface area (Å²) >= 11 is 5.90. The second kappa shape index (κ2) is 6.88. The quantitative estimate of drug-likeness (QED) is 0.866. The maximum absolute atomic E-state index is 12.4. The molecule has 106 valence electrons. The average Bonchev–Trinajstić information content (AvgIpc) is 2.36. The summed E-state index contributed by atoms with van der Waals surface area (Å²) in [6.07, 6.45) is 0. The summed E-state index contributed by atoms with van der Waals surface area (Å²) in [6, 6.07) is 6.19. The van der Waals surface area contributed by atoms with Gasteiger partial charge in [-0.3, -0.25) is 4.79 Å². The predicted octanol–water partition coefficient (Wildman–Crippen LogP) is 1.49. The summed E-state index contributed by atoms with van der Waals surface area (Å²) in [7, 11) is -3.75. The highest BCUT2D eigenvalue weighted by molar-refractivity contribution is 7.89. The maximum atomic E-state index is 12.4. The van der Waals surface area contributed by atoms with E-state index in [1.807, 2.05) is 0 Å². The Morgan fingerprint density at radius 2 is 1.95 bits per heavy atom. The number of halogens is 1. The molecular weight excluding hydrogens is 288 g/mol. The van der Waals surface area contributed by atoms with Crippen LogP contribution in [-0.4, -0.2) is 38.3 Å². The minimum absolute atomic E-state index is 0.0165. The van der Waals surface area contributed by atoms with Gasteiger partial charge in [-0.2, -0.15) is 4.31 Å². The van der Waals surface area contributed by atoms with Crippen LogP contribution < -0.4 is 5.32 Å². The molecule has 1 rings (SSSR count). The van der Waals surface area contributed by atoms with E-state index in [1.54, 1.807) is 26.0 Å². The summed E-state index contributed by atoms with van der Waals surface area (Å²) in [6.45, 7) is 3.90. The number of amides is 1. The summed E-state index contributed by atoms with van der Waals surface area (Å²) in [5.74, 6) is -0.333. The number of hydrogen-bond acceptors (Lipinski definition) is 3. The first-order valence-corrected chi connectivity index (χ1v) is 7.76. The smallest absolute Gasteiger partial charge is 0.245 e. The highest BCUT2D eigenvalue weighted by Gasteiger charge is 2.26. The Bertz CT molecular complexity index is 546. The van der Waals surface area contributed by atoms with Gasteiger partial charge in [-0.1, -0.05) is 30.7 Å². The fraction of sp³-hybridized carbons (Fsp3) is 0.417. The van der Waals surface area contributed by atoms with E-state index in [1.165, 1.54) is 12.1 Å². The van der Waals surface area contributed by atoms with Gasteiger partial charge in [0, 0.05) is 13.1 Å². The Morgan fingerprint density at radius 3 is 2.47 bits per heavy atom. The van der Waals surface area contributed by atoms with Crippen LogP contribution in [-0.2, 0) is 14.8 Å². The Kier molecular flexibility index (Phi) is 5.78. The summed E-state index contributed by atoms with van der Waals surface area (Å²) in [5, 5.41) is 2.72. The molecule has 0 aliphatic heterocycles. The van der Waals surface area contributed by atoms with Crippen LogP contribution in [0.1, 0.15) is 13.8 Å². The van der Waals surface area contributed by atoms with Crippen LogP contribution in [0.2, 0.25) is 5.02 Å². The van der Waals surface area contributed by atoms with E-state index in [4.69, 9.17) is 11.6 Å². The number of rotatable bonds is 6. The third-order valence-corrected chi connectivity index (χ3v) is 4.92. The normalized spacial score (nSPS) is 11.6. The van der Waals surface area contributed by atoms with E-state index in [9.17, 15) is 13.2 Å². The van der Waals surface area contributed by atoms with Crippen LogP contribution >= 0.6 is 11.6 Å². The molecule has 0 unspecified atom stereocenters. The van der Waals surface area contributed by atoms with Crippen molar-refractivity contribution in [1.82, 2.24) is 9.62 Å². The van der Waals surface area contributed by atoms with Crippen LogP contribution in [0.4, 0.5) is 0 Å². The molecule has 0 atom stereocenters. The molecule has 1 N–H and O–H groups in total. The fourth-order valence-electron chi connectivity index (χ4n) is 1.57. The lowest BCUT2D eigenvalue weighted by molar-refractivity contribution is -0.121. The van der Waals surface area contributed by atoms with Crippen molar-refractivity contribution in [3.63, 3.8) is 0 Å². The number of nitrogens with one attached hydrogen (secondary N) is 1. The van der Waals surface area contributed by atoms with Crippen molar-refractivity contribution in [3.05, 3.63) is 29.3 Å². The van der Waals surface area contributed by atoms with Gasteiger partial charge in [-0.25, -0.2) is 8.42 Å². The molecule has 0 saturated heterocycles. The Hall–Kier alpha value is -1.11. The molecule has 0 radical (unpaired) electrons. The van der Waals surface area contributed by atoms with Gasteiger partial charge in [0.25, 0.3) is 0 Å². The molecule has 0 saturated carbocycles. The van der Waals surface area contributed by atoms with Crippen molar-refractivity contribution in [1.29, 1.82) is 0 Å². The van der Waals surface area contributed by atoms with Gasteiger partial charge in [0.2, 0.25) is 15.9 Å². The largest absolute Gasteiger partial charge is 0.355 e. The van der Waals surface area contributed by atoms with Crippen LogP contribution in [0.25, 0.3) is 0 Å². The molecular formula is C12H17ClN2O3S. The number of nitrogens with zero attached hydrogens (tertiary/aromatic N) is 1. The zero-order valence-corrected chi connectivity index (χ0v) is 12.5. The minimum atomic E-state index is -3.75. The van der Waals surface area contributed by atoms with Gasteiger partial charge in [0.05, 0.1) is 11.6 Å². The second-order valence-electron chi connectivity index (χ2n) is 3.82. The molecule has 5 nitrogen and oxygen atoms in total. The number of sulfonamides is 1. The monoisotopic (exact) mass is 304 g/mol. The van der Waals surface area contributed by atoms with Crippen LogP contribution in [0.3, 0.4) is 0 Å². The van der Waals surface area contributed by atoms with Crippen LogP contribution in [0.15, 0.2) is 29.2 Å². The number of carbonyl (C=O) groups is 1. The Balaban J connectivity index is 3.03. The lowest BCUT2D eigenvalue weighted by Gasteiger charge is -2.20. The first kappa shape index (κ1) is 15.9. The third kappa shape index (κ3) is 3.92. The molecule has 0 fully saturated rings. The predicted molar refractivity (Wildman–Crippen MR) is 74.6 cm³/mol. The van der Waals surface area contributed by atoms with Gasteiger partial charge >= 0.3 is 0 Å². The van der Waals surface area contributed by atoms with Crippen LogP contribution in [0, 0.1) is 0 Å². The van der Waals surface area contributed by atoms with Crippen molar-refractivity contribution in [2.75, 3.05) is 19.6 Å². The van der Waals surface area contributed by atoms with E-state index >= 15 is 0 Å². The Morgan fingerprint density at radius 1 is 1.32 bits per heavy atom. The standard InChI is InChI=1S/C12H17ClN2O3S/c1-3-14-12(16)9-15(4-2)19(17,18)11-8-6-5-7-10(11)13/h5-8H,3-4,9H2,1-2H3,(H,14,16). The third-order valence-electron chi connectivity index (χ3n) is 2.50. The van der Waals surface area contributed by atoms with E-state index < -0.39 is 10.0 Å². The molecule has 0 bridgehead atoms. The highest BCUT2D eigenvalue weighted by atomic mass is 35.5. The Labute approximate surface area is 118 Å². The number of benzene rings is 1. The maximum Gasteiger partial charge on any atom is 0.245 e. The van der Waals surface area contributed by atoms with Crippen molar-refractivity contribution >= 4 is 27.5 Å². The SMILES string of the molecule is CCNC(=O)CN(CC)S(=O)(=O)c1ccccc1Cl. The molecule has 1 amide bonds. The van der Waals surface area contributed by atoms with E-state index in [-0.39, 0.29) is 28.9 Å². The fourth-order valence-corrected chi connectivity index (χ4v) is 3.47. The molecule has 0 aliphatic carbocycles. The van der Waals surface area contributed by atoms with Gasteiger partial charge in [-0.15, -0.1) is 0 Å². The summed E-state index contributed by atoms with van der Waals surface area (Å²) in [4.78, 5) is 11.5. The number of carbonyl (C=O) groups excluding carboxylic acids is 1. The van der Waals surface area contributed by atoms with Crippen molar-refractivity contribution in [2.24, 2.45) is 0 Å². The van der Waals surface area contributed by atoms with Gasteiger partial charge in [0.15, 0.2) is 0 Å². The molecule has 0 heterocycles. The second-order valence-corrected chi connectivity index (χ2v) is 6.13. The lowest BCUT2D eigenvalue weighted by Crippen LogP contribution is -2.40. The van der Waals surface area contributed by atoms with Gasteiger partial charge < -0.3 is 5.32 Å². The molecule has 0 aromatic heterocycles. The average molecular weight is 305 g/mol.